The standard InChI is InChI=1S/C26H21Cl2N3O6S.Na/c1-3-14-11-16(38(34,35)36)13-21(22(14)28)30-31-23-17-8-5-4-7-15(17)12-18(24(23)32)26(33)29-20-10-6-9-19(27)25(20)37-2;/h4-13,32H,3H2,1-2H3,(H,29,33)(H,34,35,36);/q;+1/p-1. The maximum Gasteiger partial charge on any atom is 1.00 e. The van der Waals surface area contributed by atoms with Gasteiger partial charge in [-0.3, -0.25) is 9.35 Å². The number of benzene rings is 4. The summed E-state index contributed by atoms with van der Waals surface area (Å²) in [4.78, 5) is 12.8. The third kappa shape index (κ3) is 6.55. The molecule has 0 atom stereocenters. The van der Waals surface area contributed by atoms with Gasteiger partial charge in [-0.1, -0.05) is 66.2 Å². The summed E-state index contributed by atoms with van der Waals surface area (Å²) in [6.07, 6.45) is 0.350. The molecular weight excluding hydrogens is 576 g/mol. The van der Waals surface area contributed by atoms with Crippen LogP contribution in [0.4, 0.5) is 17.1 Å². The van der Waals surface area contributed by atoms with Gasteiger partial charge in [-0.25, -0.2) is 0 Å². The third-order valence-corrected chi connectivity index (χ3v) is 7.24. The van der Waals surface area contributed by atoms with E-state index in [1.165, 1.54) is 19.2 Å². The fourth-order valence-electron chi connectivity index (χ4n) is 3.80. The summed E-state index contributed by atoms with van der Waals surface area (Å²) < 4.78 is 38.2. The molecule has 0 unspecified atom stereocenters. The number of nitrogens with one attached hydrogen (secondary N) is 1. The van der Waals surface area contributed by atoms with E-state index < -0.39 is 26.7 Å². The van der Waals surface area contributed by atoms with E-state index in [4.69, 9.17) is 27.9 Å². The van der Waals surface area contributed by atoms with Crippen molar-refractivity contribution >= 4 is 67.1 Å². The second kappa shape index (κ2) is 12.6. The molecule has 196 valence electrons. The molecule has 0 radical (unpaired) electrons. The summed E-state index contributed by atoms with van der Waals surface area (Å²) in [5.41, 5.74) is 0.234. The predicted molar refractivity (Wildman–Crippen MR) is 144 cm³/mol. The van der Waals surface area contributed by atoms with Crippen LogP contribution in [0.3, 0.4) is 0 Å². The van der Waals surface area contributed by atoms with Crippen molar-refractivity contribution in [2.75, 3.05) is 12.4 Å². The number of para-hydroxylation sites is 1. The molecule has 0 saturated heterocycles. The Morgan fingerprint density at radius 3 is 2.46 bits per heavy atom. The van der Waals surface area contributed by atoms with Crippen LogP contribution in [0.25, 0.3) is 10.8 Å². The fourth-order valence-corrected chi connectivity index (χ4v) is 4.89. The van der Waals surface area contributed by atoms with E-state index in [1.54, 1.807) is 49.4 Å². The first-order chi connectivity index (χ1) is 18.0. The van der Waals surface area contributed by atoms with E-state index in [2.05, 4.69) is 15.5 Å². The molecule has 0 aliphatic rings. The number of carbonyl (C=O) groups is 1. The predicted octanol–water partition coefficient (Wildman–Crippen LogP) is 3.71. The third-order valence-electron chi connectivity index (χ3n) is 5.68. The number of hydrogen-bond acceptors (Lipinski definition) is 7. The van der Waals surface area contributed by atoms with Gasteiger partial charge < -0.3 is 15.2 Å². The van der Waals surface area contributed by atoms with Crippen molar-refractivity contribution in [1.82, 2.24) is 0 Å². The normalized spacial score (nSPS) is 11.4. The topological polar surface area (TPSA) is 140 Å². The molecule has 1 amide bonds. The Kier molecular flexibility index (Phi) is 10.0. The number of amides is 1. The number of ether oxygens (including phenoxy) is 1. The number of nitrogens with zero attached hydrogens (tertiary/aromatic N) is 2. The molecule has 13 heteroatoms. The van der Waals surface area contributed by atoms with Gasteiger partial charge in [0.1, 0.15) is 5.69 Å². The fraction of sp³-hybridized carbons (Fsp3) is 0.115. The van der Waals surface area contributed by atoms with Gasteiger partial charge in [0.2, 0.25) is 0 Å². The average molecular weight is 596 g/mol. The molecule has 0 fully saturated rings. The van der Waals surface area contributed by atoms with Crippen LogP contribution in [0.5, 0.6) is 11.5 Å². The maximum absolute atomic E-state index is 13.5. The molecule has 0 spiro atoms. The van der Waals surface area contributed by atoms with Crippen LogP contribution in [0.15, 0.2) is 75.8 Å². The number of rotatable bonds is 7. The second-order valence-electron chi connectivity index (χ2n) is 8.04. The van der Waals surface area contributed by atoms with Crippen LogP contribution in [0, 0.1) is 0 Å². The van der Waals surface area contributed by atoms with Crippen molar-refractivity contribution in [3.63, 3.8) is 0 Å². The summed E-state index contributed by atoms with van der Waals surface area (Å²) in [7, 11) is -3.15. The number of carbonyl (C=O) groups excluding carboxylic acids is 1. The molecule has 0 heterocycles. The second-order valence-corrected chi connectivity index (χ2v) is 10.2. The van der Waals surface area contributed by atoms with Crippen LogP contribution in [-0.4, -0.2) is 26.0 Å². The molecular formula is C26H20Cl2N3NaO6S. The number of hydrogen-bond donors (Lipinski definition) is 2. The Morgan fingerprint density at radius 2 is 1.79 bits per heavy atom. The Balaban J connectivity index is 0.00000420. The quantitative estimate of drug-likeness (QED) is 0.189. The largest absolute Gasteiger partial charge is 1.00 e. The number of aryl methyl sites for hydroxylation is 1. The monoisotopic (exact) mass is 595 g/mol. The molecule has 4 rings (SSSR count). The van der Waals surface area contributed by atoms with Crippen LogP contribution in [-0.2, 0) is 16.5 Å². The van der Waals surface area contributed by atoms with Gasteiger partial charge in [-0.15, -0.1) is 5.11 Å². The van der Waals surface area contributed by atoms with Gasteiger partial charge in [-0.2, -0.15) is 13.5 Å². The van der Waals surface area contributed by atoms with Gasteiger partial charge in [-0.05, 0) is 47.7 Å². The summed E-state index contributed by atoms with van der Waals surface area (Å²) in [6, 6.07) is 15.3. The molecule has 4 aromatic carbocycles. The number of fused-ring (bicyclic) bond motifs is 1. The zero-order chi connectivity index (χ0) is 27.6. The molecule has 0 aliphatic heterocycles. The zero-order valence-corrected chi connectivity index (χ0v) is 25.4. The Hall–Kier alpha value is -2.70. The van der Waals surface area contributed by atoms with Gasteiger partial charge >= 0.3 is 29.6 Å². The van der Waals surface area contributed by atoms with Crippen LogP contribution in [0.2, 0.25) is 10.0 Å². The number of anilines is 1. The maximum atomic E-state index is 13.5. The first-order valence-electron chi connectivity index (χ1n) is 11.1. The van der Waals surface area contributed by atoms with E-state index in [-0.39, 0.29) is 68.0 Å². The van der Waals surface area contributed by atoms with Gasteiger partial charge in [0, 0.05) is 10.9 Å². The summed E-state index contributed by atoms with van der Waals surface area (Å²) >= 11 is 12.5. The van der Waals surface area contributed by atoms with Crippen LogP contribution in [0.1, 0.15) is 22.8 Å². The average Bonchev–Trinajstić information content (AvgIpc) is 2.88. The van der Waals surface area contributed by atoms with Crippen molar-refractivity contribution in [3.05, 3.63) is 81.8 Å². The summed E-state index contributed by atoms with van der Waals surface area (Å²) in [5, 5.41) is 25.6. The molecule has 0 bridgehead atoms. The smallest absolute Gasteiger partial charge is 0.870 e. The van der Waals surface area contributed by atoms with Gasteiger partial charge in [0.15, 0.2) is 5.75 Å². The van der Waals surface area contributed by atoms with Crippen molar-refractivity contribution in [2.45, 2.75) is 18.2 Å². The molecule has 0 saturated carbocycles. The first-order valence-corrected chi connectivity index (χ1v) is 13.3. The Morgan fingerprint density at radius 1 is 1.08 bits per heavy atom. The summed E-state index contributed by atoms with van der Waals surface area (Å²) in [6.45, 7) is 1.75. The number of halogens is 2. The molecule has 0 aromatic heterocycles. The molecule has 39 heavy (non-hydrogen) atoms. The van der Waals surface area contributed by atoms with Crippen LogP contribution < -0.4 is 44.7 Å². The minimum absolute atomic E-state index is 0. The van der Waals surface area contributed by atoms with Crippen molar-refractivity contribution in [2.24, 2.45) is 10.2 Å². The zero-order valence-electron chi connectivity index (χ0n) is 21.0. The van der Waals surface area contributed by atoms with Crippen LogP contribution >= 0.6 is 23.2 Å². The summed E-state index contributed by atoms with van der Waals surface area (Å²) in [5.74, 6) is -1.21. The van der Waals surface area contributed by atoms with E-state index in [0.717, 1.165) is 6.07 Å². The van der Waals surface area contributed by atoms with Crippen molar-refractivity contribution < 1.29 is 57.2 Å². The van der Waals surface area contributed by atoms with E-state index in [1.807, 2.05) is 0 Å². The Bertz CT molecular complexity index is 1710. The van der Waals surface area contributed by atoms with E-state index in [0.29, 0.717) is 22.8 Å². The molecule has 2 N–H and O–H groups in total. The molecule has 4 aromatic rings. The molecule has 9 nitrogen and oxygen atoms in total. The van der Waals surface area contributed by atoms with Gasteiger partial charge in [0.25, 0.3) is 16.0 Å². The molecule has 0 aliphatic carbocycles. The van der Waals surface area contributed by atoms with E-state index in [9.17, 15) is 22.9 Å². The van der Waals surface area contributed by atoms with Crippen molar-refractivity contribution in [1.29, 1.82) is 0 Å². The van der Waals surface area contributed by atoms with Gasteiger partial charge in [0.05, 0.1) is 33.4 Å². The van der Waals surface area contributed by atoms with Crippen molar-refractivity contribution in [3.8, 4) is 11.5 Å². The van der Waals surface area contributed by atoms with E-state index >= 15 is 0 Å². The Labute approximate surface area is 256 Å². The first kappa shape index (κ1) is 30.8. The number of methoxy groups -OCH3 is 1. The minimum Gasteiger partial charge on any atom is -0.870 e. The SMILES string of the molecule is CCc1cc(S(=O)(=O)O)cc(N=Nc2c([O-])c(C(=O)Nc3cccc(Cl)c3OC)cc3ccccc23)c1Cl.[Na+]. The number of azo groups is 1. The minimum atomic E-state index is -4.55.